The van der Waals surface area contributed by atoms with Crippen LogP contribution in [0.2, 0.25) is 0 Å². The minimum Gasteiger partial charge on any atom is -0.374 e. The summed E-state index contributed by atoms with van der Waals surface area (Å²) in [6.07, 6.45) is 0. The van der Waals surface area contributed by atoms with E-state index in [0.29, 0.717) is 16.7 Å². The first-order valence-electron chi connectivity index (χ1n) is 5.59. The zero-order chi connectivity index (χ0) is 13.1. The van der Waals surface area contributed by atoms with Gasteiger partial charge < -0.3 is 10.6 Å². The van der Waals surface area contributed by atoms with Crippen molar-refractivity contribution >= 4 is 28.1 Å². The Morgan fingerprint density at radius 2 is 2.22 bits per heavy atom. The molecule has 0 aliphatic heterocycles. The standard InChI is InChI=1S/C12H14N4OS/c1-3-16(9-6-4-5-8(2)7-9)11(17)10-14-15-12(13)18-10/h4-7H,3H2,1-2H3,(H2,13,15). The molecule has 1 heterocycles. The van der Waals surface area contributed by atoms with Gasteiger partial charge in [0.05, 0.1) is 0 Å². The Balaban J connectivity index is 2.31. The minimum atomic E-state index is -0.169. The summed E-state index contributed by atoms with van der Waals surface area (Å²) < 4.78 is 0. The van der Waals surface area contributed by atoms with Crippen LogP contribution >= 0.6 is 11.3 Å². The third-order valence-electron chi connectivity index (χ3n) is 2.50. The summed E-state index contributed by atoms with van der Waals surface area (Å²) in [7, 11) is 0. The topological polar surface area (TPSA) is 72.1 Å². The van der Waals surface area contributed by atoms with Gasteiger partial charge in [-0.3, -0.25) is 4.79 Å². The number of hydrogen-bond donors (Lipinski definition) is 1. The highest BCUT2D eigenvalue weighted by Crippen LogP contribution is 2.20. The molecule has 1 amide bonds. The van der Waals surface area contributed by atoms with Crippen LogP contribution in [0, 0.1) is 6.92 Å². The Morgan fingerprint density at radius 3 is 2.78 bits per heavy atom. The average molecular weight is 262 g/mol. The number of rotatable bonds is 3. The van der Waals surface area contributed by atoms with Gasteiger partial charge in [0.1, 0.15) is 0 Å². The summed E-state index contributed by atoms with van der Waals surface area (Å²) in [6, 6.07) is 7.78. The number of hydrogen-bond acceptors (Lipinski definition) is 5. The highest BCUT2D eigenvalue weighted by Gasteiger charge is 2.20. The molecule has 0 atom stereocenters. The summed E-state index contributed by atoms with van der Waals surface area (Å²) in [5, 5.41) is 8.07. The van der Waals surface area contributed by atoms with E-state index in [1.807, 2.05) is 38.1 Å². The monoisotopic (exact) mass is 262 g/mol. The fourth-order valence-electron chi connectivity index (χ4n) is 1.68. The highest BCUT2D eigenvalue weighted by molar-refractivity contribution is 7.17. The van der Waals surface area contributed by atoms with Crippen LogP contribution in [0.3, 0.4) is 0 Å². The van der Waals surface area contributed by atoms with Crippen molar-refractivity contribution in [2.75, 3.05) is 17.2 Å². The van der Waals surface area contributed by atoms with Crippen molar-refractivity contribution < 1.29 is 4.79 Å². The first-order valence-corrected chi connectivity index (χ1v) is 6.41. The Kier molecular flexibility index (Phi) is 3.57. The summed E-state index contributed by atoms with van der Waals surface area (Å²) in [5.74, 6) is -0.169. The van der Waals surface area contributed by atoms with Crippen molar-refractivity contribution in [3.63, 3.8) is 0 Å². The maximum Gasteiger partial charge on any atom is 0.289 e. The molecule has 1 aromatic heterocycles. The number of aryl methyl sites for hydroxylation is 1. The van der Waals surface area contributed by atoms with E-state index in [4.69, 9.17) is 5.73 Å². The van der Waals surface area contributed by atoms with E-state index >= 15 is 0 Å². The van der Waals surface area contributed by atoms with Crippen LogP contribution in [0.1, 0.15) is 22.3 Å². The number of anilines is 2. The van der Waals surface area contributed by atoms with Crippen LogP contribution in [-0.2, 0) is 0 Å². The van der Waals surface area contributed by atoms with Crippen LogP contribution in [0.15, 0.2) is 24.3 Å². The number of aromatic nitrogens is 2. The molecule has 18 heavy (non-hydrogen) atoms. The molecular formula is C12H14N4OS. The van der Waals surface area contributed by atoms with Gasteiger partial charge in [-0.05, 0) is 31.5 Å². The van der Waals surface area contributed by atoms with Gasteiger partial charge in [-0.25, -0.2) is 0 Å². The van der Waals surface area contributed by atoms with Crippen molar-refractivity contribution in [3.8, 4) is 0 Å². The summed E-state index contributed by atoms with van der Waals surface area (Å²) in [4.78, 5) is 13.9. The number of amides is 1. The number of carbonyl (C=O) groups is 1. The van der Waals surface area contributed by atoms with E-state index in [2.05, 4.69) is 10.2 Å². The van der Waals surface area contributed by atoms with Gasteiger partial charge in [0.25, 0.3) is 5.91 Å². The van der Waals surface area contributed by atoms with Crippen LogP contribution in [0.5, 0.6) is 0 Å². The fourth-order valence-corrected chi connectivity index (χ4v) is 2.23. The van der Waals surface area contributed by atoms with Crippen molar-refractivity contribution in [3.05, 3.63) is 34.8 Å². The predicted octanol–water partition coefficient (Wildman–Crippen LogP) is 2.10. The van der Waals surface area contributed by atoms with Crippen molar-refractivity contribution in [2.24, 2.45) is 0 Å². The zero-order valence-corrected chi connectivity index (χ0v) is 11.1. The second-order valence-corrected chi connectivity index (χ2v) is 4.84. The molecule has 0 fully saturated rings. The lowest BCUT2D eigenvalue weighted by atomic mass is 10.2. The number of nitrogens with two attached hydrogens (primary N) is 1. The van der Waals surface area contributed by atoms with Crippen LogP contribution in [0.4, 0.5) is 10.8 Å². The molecule has 5 nitrogen and oxygen atoms in total. The van der Waals surface area contributed by atoms with E-state index < -0.39 is 0 Å². The number of nitrogen functional groups attached to an aromatic ring is 1. The van der Waals surface area contributed by atoms with Crippen molar-refractivity contribution in [2.45, 2.75) is 13.8 Å². The molecule has 0 unspecified atom stereocenters. The molecule has 2 rings (SSSR count). The molecule has 94 valence electrons. The van der Waals surface area contributed by atoms with Gasteiger partial charge in [-0.2, -0.15) is 0 Å². The lowest BCUT2D eigenvalue weighted by molar-refractivity contribution is 0.0987. The molecule has 0 aliphatic carbocycles. The maximum absolute atomic E-state index is 12.3. The summed E-state index contributed by atoms with van der Waals surface area (Å²) >= 11 is 1.10. The second-order valence-electron chi connectivity index (χ2n) is 3.83. The van der Waals surface area contributed by atoms with E-state index in [0.717, 1.165) is 22.6 Å². The highest BCUT2D eigenvalue weighted by atomic mass is 32.1. The van der Waals surface area contributed by atoms with Gasteiger partial charge in [-0.1, -0.05) is 23.5 Å². The van der Waals surface area contributed by atoms with E-state index in [9.17, 15) is 4.79 Å². The first-order chi connectivity index (χ1) is 8.61. The van der Waals surface area contributed by atoms with Gasteiger partial charge in [0.15, 0.2) is 0 Å². The second kappa shape index (κ2) is 5.14. The summed E-state index contributed by atoms with van der Waals surface area (Å²) in [6.45, 7) is 4.48. The molecule has 6 heteroatoms. The lowest BCUT2D eigenvalue weighted by Crippen LogP contribution is -2.30. The number of nitrogens with zero attached hydrogens (tertiary/aromatic N) is 3. The van der Waals surface area contributed by atoms with E-state index in [1.165, 1.54) is 0 Å². The Hall–Kier alpha value is -1.95. The maximum atomic E-state index is 12.3. The SMILES string of the molecule is CCN(C(=O)c1nnc(N)s1)c1cccc(C)c1. The molecule has 0 saturated carbocycles. The molecule has 0 spiro atoms. The first kappa shape index (κ1) is 12.5. The molecule has 2 aromatic rings. The minimum absolute atomic E-state index is 0.169. The van der Waals surface area contributed by atoms with Crippen LogP contribution in [0.25, 0.3) is 0 Å². The predicted molar refractivity (Wildman–Crippen MR) is 72.9 cm³/mol. The average Bonchev–Trinajstić information content (AvgIpc) is 2.77. The Labute approximate surface area is 109 Å². The molecule has 1 aromatic carbocycles. The van der Waals surface area contributed by atoms with E-state index in [-0.39, 0.29) is 5.91 Å². The Bertz CT molecular complexity index is 567. The normalized spacial score (nSPS) is 10.3. The van der Waals surface area contributed by atoms with Gasteiger partial charge >= 0.3 is 0 Å². The summed E-state index contributed by atoms with van der Waals surface area (Å²) in [5.41, 5.74) is 7.46. The smallest absolute Gasteiger partial charge is 0.289 e. The fraction of sp³-hybridized carbons (Fsp3) is 0.250. The van der Waals surface area contributed by atoms with Crippen LogP contribution < -0.4 is 10.6 Å². The number of carbonyl (C=O) groups excluding carboxylic acids is 1. The number of benzene rings is 1. The zero-order valence-electron chi connectivity index (χ0n) is 10.3. The third-order valence-corrected chi connectivity index (χ3v) is 3.24. The molecular weight excluding hydrogens is 248 g/mol. The molecule has 2 N–H and O–H groups in total. The molecule has 0 bridgehead atoms. The largest absolute Gasteiger partial charge is 0.374 e. The van der Waals surface area contributed by atoms with Crippen LogP contribution in [-0.4, -0.2) is 22.6 Å². The molecule has 0 saturated heterocycles. The third kappa shape index (κ3) is 2.48. The quantitative estimate of drug-likeness (QED) is 0.919. The van der Waals surface area contributed by atoms with Gasteiger partial charge in [0, 0.05) is 12.2 Å². The van der Waals surface area contributed by atoms with E-state index in [1.54, 1.807) is 4.90 Å². The van der Waals surface area contributed by atoms with Gasteiger partial charge in [0.2, 0.25) is 10.1 Å². The molecule has 0 radical (unpaired) electrons. The lowest BCUT2D eigenvalue weighted by Gasteiger charge is -2.19. The van der Waals surface area contributed by atoms with Gasteiger partial charge in [-0.15, -0.1) is 10.2 Å². The Morgan fingerprint density at radius 1 is 1.44 bits per heavy atom. The molecule has 0 aliphatic rings. The van der Waals surface area contributed by atoms with Crippen molar-refractivity contribution in [1.82, 2.24) is 10.2 Å². The van der Waals surface area contributed by atoms with Crippen molar-refractivity contribution in [1.29, 1.82) is 0 Å².